The van der Waals surface area contributed by atoms with E-state index in [9.17, 15) is 13.2 Å². The SMILES string of the molecule is CN(C)S(=O)(=O)c1ccc(C(=O)N2CCC(c3ccsc3)CC2)cc1. The van der Waals surface area contributed by atoms with Crippen LogP contribution in [0.3, 0.4) is 0 Å². The second kappa shape index (κ2) is 7.27. The molecule has 1 amide bonds. The van der Waals surface area contributed by atoms with E-state index in [2.05, 4.69) is 16.8 Å². The van der Waals surface area contributed by atoms with Gasteiger partial charge in [-0.15, -0.1) is 0 Å². The van der Waals surface area contributed by atoms with E-state index in [0.29, 0.717) is 11.5 Å². The summed E-state index contributed by atoms with van der Waals surface area (Å²) >= 11 is 1.71. The van der Waals surface area contributed by atoms with E-state index in [0.717, 1.165) is 25.9 Å². The molecule has 7 heteroatoms. The molecule has 2 heterocycles. The third kappa shape index (κ3) is 3.78. The Morgan fingerprint density at radius 3 is 2.28 bits per heavy atom. The topological polar surface area (TPSA) is 57.7 Å². The van der Waals surface area contributed by atoms with Crippen LogP contribution >= 0.6 is 11.3 Å². The molecule has 134 valence electrons. The number of carbonyl (C=O) groups is 1. The third-order valence-electron chi connectivity index (χ3n) is 4.68. The lowest BCUT2D eigenvalue weighted by atomic mass is 9.91. The summed E-state index contributed by atoms with van der Waals surface area (Å²) in [5, 5.41) is 4.28. The van der Waals surface area contributed by atoms with Crippen molar-refractivity contribution in [1.82, 2.24) is 9.21 Å². The van der Waals surface area contributed by atoms with Gasteiger partial charge in [0, 0.05) is 32.7 Å². The smallest absolute Gasteiger partial charge is 0.253 e. The van der Waals surface area contributed by atoms with Crippen LogP contribution in [0, 0.1) is 0 Å². The van der Waals surface area contributed by atoms with Crippen LogP contribution in [0.5, 0.6) is 0 Å². The van der Waals surface area contributed by atoms with Gasteiger partial charge in [-0.05, 0) is 65.4 Å². The Morgan fingerprint density at radius 1 is 1.12 bits per heavy atom. The molecular formula is C18H22N2O3S2. The molecule has 0 bridgehead atoms. The summed E-state index contributed by atoms with van der Waals surface area (Å²) in [7, 11) is -0.483. The number of sulfonamides is 1. The number of nitrogens with zero attached hydrogens (tertiary/aromatic N) is 2. The molecule has 0 aliphatic carbocycles. The van der Waals surface area contributed by atoms with E-state index in [1.54, 1.807) is 23.5 Å². The van der Waals surface area contributed by atoms with Crippen LogP contribution in [0.25, 0.3) is 0 Å². The lowest BCUT2D eigenvalue weighted by molar-refractivity contribution is 0.0713. The summed E-state index contributed by atoms with van der Waals surface area (Å²) in [4.78, 5) is 14.7. The Bertz CT molecular complexity index is 820. The van der Waals surface area contributed by atoms with Crippen molar-refractivity contribution < 1.29 is 13.2 Å². The van der Waals surface area contributed by atoms with Gasteiger partial charge in [0.1, 0.15) is 0 Å². The van der Waals surface area contributed by atoms with Gasteiger partial charge in [0.15, 0.2) is 0 Å². The number of carbonyl (C=O) groups excluding carboxylic acids is 1. The van der Waals surface area contributed by atoms with Crippen molar-refractivity contribution in [2.24, 2.45) is 0 Å². The highest BCUT2D eigenvalue weighted by Crippen LogP contribution is 2.30. The molecule has 1 aliphatic rings. The summed E-state index contributed by atoms with van der Waals surface area (Å²) in [5.74, 6) is 0.500. The summed E-state index contributed by atoms with van der Waals surface area (Å²) < 4.78 is 25.4. The van der Waals surface area contributed by atoms with Crippen LogP contribution < -0.4 is 0 Å². The highest BCUT2D eigenvalue weighted by Gasteiger charge is 2.25. The van der Waals surface area contributed by atoms with Gasteiger partial charge in [-0.1, -0.05) is 0 Å². The largest absolute Gasteiger partial charge is 0.339 e. The van der Waals surface area contributed by atoms with Gasteiger partial charge in [-0.3, -0.25) is 4.79 Å². The molecule has 0 radical (unpaired) electrons. The molecule has 0 atom stereocenters. The molecule has 2 aromatic rings. The lowest BCUT2D eigenvalue weighted by Gasteiger charge is -2.32. The molecule has 1 saturated heterocycles. The van der Waals surface area contributed by atoms with Gasteiger partial charge in [0.05, 0.1) is 4.90 Å². The monoisotopic (exact) mass is 378 g/mol. The Morgan fingerprint density at radius 2 is 1.76 bits per heavy atom. The fourth-order valence-corrected chi connectivity index (χ4v) is 4.73. The van der Waals surface area contributed by atoms with Crippen molar-refractivity contribution in [1.29, 1.82) is 0 Å². The second-order valence-electron chi connectivity index (χ2n) is 6.43. The summed E-state index contributed by atoms with van der Waals surface area (Å²) in [5.41, 5.74) is 1.90. The molecule has 25 heavy (non-hydrogen) atoms. The van der Waals surface area contributed by atoms with E-state index >= 15 is 0 Å². The number of amides is 1. The Balaban J connectivity index is 1.66. The van der Waals surface area contributed by atoms with Crippen molar-refractivity contribution in [2.75, 3.05) is 27.2 Å². The minimum atomic E-state index is -3.47. The third-order valence-corrected chi connectivity index (χ3v) is 7.21. The lowest BCUT2D eigenvalue weighted by Crippen LogP contribution is -2.37. The maximum atomic E-state index is 12.7. The number of likely N-dealkylation sites (tertiary alicyclic amines) is 1. The van der Waals surface area contributed by atoms with Crippen molar-refractivity contribution >= 4 is 27.3 Å². The quantitative estimate of drug-likeness (QED) is 0.822. The molecule has 0 spiro atoms. The van der Waals surface area contributed by atoms with Crippen LogP contribution in [0.2, 0.25) is 0 Å². The zero-order valence-corrected chi connectivity index (χ0v) is 16.0. The summed E-state index contributed by atoms with van der Waals surface area (Å²) in [6.45, 7) is 1.47. The average molecular weight is 379 g/mol. The molecule has 0 N–H and O–H groups in total. The average Bonchev–Trinajstić information content (AvgIpc) is 3.16. The first-order chi connectivity index (χ1) is 11.9. The normalized spacial score (nSPS) is 16.4. The van der Waals surface area contributed by atoms with E-state index < -0.39 is 10.0 Å². The van der Waals surface area contributed by atoms with Gasteiger partial charge in [-0.2, -0.15) is 11.3 Å². The van der Waals surface area contributed by atoms with E-state index in [1.807, 2.05) is 4.90 Å². The molecule has 1 aromatic carbocycles. The molecule has 0 unspecified atom stereocenters. The maximum Gasteiger partial charge on any atom is 0.253 e. The van der Waals surface area contributed by atoms with Crippen molar-refractivity contribution in [3.8, 4) is 0 Å². The van der Waals surface area contributed by atoms with Gasteiger partial charge in [-0.25, -0.2) is 12.7 Å². The second-order valence-corrected chi connectivity index (χ2v) is 9.37. The first kappa shape index (κ1) is 18.1. The van der Waals surface area contributed by atoms with Gasteiger partial charge in [0.25, 0.3) is 5.91 Å². The Labute approximate surface area is 152 Å². The maximum absolute atomic E-state index is 12.7. The summed E-state index contributed by atoms with van der Waals surface area (Å²) in [6, 6.07) is 8.37. The van der Waals surface area contributed by atoms with Crippen molar-refractivity contribution in [3.63, 3.8) is 0 Å². The number of rotatable bonds is 4. The highest BCUT2D eigenvalue weighted by atomic mass is 32.2. The zero-order valence-electron chi connectivity index (χ0n) is 14.4. The number of hydrogen-bond donors (Lipinski definition) is 0. The number of benzene rings is 1. The molecule has 0 saturated carbocycles. The van der Waals surface area contributed by atoms with Crippen molar-refractivity contribution in [3.05, 3.63) is 52.2 Å². The Kier molecular flexibility index (Phi) is 5.27. The van der Waals surface area contributed by atoms with E-state index in [4.69, 9.17) is 0 Å². The molecule has 3 rings (SSSR count). The first-order valence-electron chi connectivity index (χ1n) is 8.23. The van der Waals surface area contributed by atoms with E-state index in [1.165, 1.54) is 36.1 Å². The number of thiophene rings is 1. The van der Waals surface area contributed by atoms with Crippen LogP contribution in [0.4, 0.5) is 0 Å². The highest BCUT2D eigenvalue weighted by molar-refractivity contribution is 7.89. The molecule has 1 fully saturated rings. The number of hydrogen-bond acceptors (Lipinski definition) is 4. The zero-order chi connectivity index (χ0) is 18.0. The molecular weight excluding hydrogens is 356 g/mol. The van der Waals surface area contributed by atoms with Gasteiger partial charge < -0.3 is 4.90 Å². The van der Waals surface area contributed by atoms with E-state index in [-0.39, 0.29) is 10.8 Å². The van der Waals surface area contributed by atoms with Gasteiger partial charge in [0.2, 0.25) is 10.0 Å². The first-order valence-corrected chi connectivity index (χ1v) is 10.6. The predicted octanol–water partition coefficient (Wildman–Crippen LogP) is 3.02. The summed E-state index contributed by atoms with van der Waals surface area (Å²) in [6.07, 6.45) is 1.94. The minimum absolute atomic E-state index is 0.0300. The van der Waals surface area contributed by atoms with Crippen LogP contribution in [-0.4, -0.2) is 50.7 Å². The fourth-order valence-electron chi connectivity index (χ4n) is 3.09. The molecule has 1 aliphatic heterocycles. The molecule has 1 aromatic heterocycles. The minimum Gasteiger partial charge on any atom is -0.339 e. The number of piperidine rings is 1. The predicted molar refractivity (Wildman–Crippen MR) is 99.5 cm³/mol. The van der Waals surface area contributed by atoms with Crippen LogP contribution in [-0.2, 0) is 10.0 Å². The van der Waals surface area contributed by atoms with Crippen LogP contribution in [0.1, 0.15) is 34.7 Å². The van der Waals surface area contributed by atoms with Crippen molar-refractivity contribution in [2.45, 2.75) is 23.7 Å². The van der Waals surface area contributed by atoms with Gasteiger partial charge >= 0.3 is 0 Å². The standard InChI is InChI=1S/C18H22N2O3S2/c1-19(2)25(22,23)17-5-3-15(4-6-17)18(21)20-10-7-14(8-11-20)16-9-12-24-13-16/h3-6,9,12-14H,7-8,10-11H2,1-2H3. The fraction of sp³-hybridized carbons (Fsp3) is 0.389. The molecule has 5 nitrogen and oxygen atoms in total. The Hall–Kier alpha value is -1.70. The van der Waals surface area contributed by atoms with Crippen LogP contribution in [0.15, 0.2) is 46.0 Å².